The largest absolute Gasteiger partial charge is 0.341 e. The number of aryl methyl sites for hydroxylation is 1. The molecule has 18 heavy (non-hydrogen) atoms. The van der Waals surface area contributed by atoms with Gasteiger partial charge in [0, 0.05) is 12.6 Å². The minimum Gasteiger partial charge on any atom is -0.341 e. The molecule has 1 aromatic rings. The van der Waals surface area contributed by atoms with Gasteiger partial charge in [-0.1, -0.05) is 29.8 Å². The van der Waals surface area contributed by atoms with Crippen molar-refractivity contribution in [3.05, 3.63) is 35.4 Å². The fourth-order valence-electron chi connectivity index (χ4n) is 1.62. The smallest absolute Gasteiger partial charge is 0.321 e. The van der Waals surface area contributed by atoms with Crippen LogP contribution in [0, 0.1) is 6.92 Å². The summed E-state index contributed by atoms with van der Waals surface area (Å²) in [6.07, 6.45) is 0. The number of likely N-dealkylation sites (N-methyl/N-ethyl adjacent to an activating group) is 1. The number of carbonyl (C=O) groups is 2. The molecule has 3 amide bonds. The fourth-order valence-corrected chi connectivity index (χ4v) is 1.62. The summed E-state index contributed by atoms with van der Waals surface area (Å²) in [5.74, 6) is -0.279. The number of quaternary nitrogens is 1. The van der Waals surface area contributed by atoms with Crippen molar-refractivity contribution < 1.29 is 14.5 Å². The van der Waals surface area contributed by atoms with Crippen LogP contribution in [0.4, 0.5) is 4.79 Å². The maximum atomic E-state index is 11.5. The average Bonchev–Trinajstić information content (AvgIpc) is 2.31. The molecule has 0 bridgehead atoms. The molecule has 1 aromatic carbocycles. The molecule has 0 aliphatic heterocycles. The zero-order chi connectivity index (χ0) is 13.5. The first-order valence-corrected chi connectivity index (χ1v) is 5.89. The molecule has 1 atom stereocenters. The number of hydrogen-bond acceptors (Lipinski definition) is 2. The topological polar surface area (TPSA) is 62.6 Å². The van der Waals surface area contributed by atoms with Gasteiger partial charge in [-0.3, -0.25) is 10.1 Å². The van der Waals surface area contributed by atoms with Gasteiger partial charge in [-0.2, -0.15) is 0 Å². The summed E-state index contributed by atoms with van der Waals surface area (Å²) in [7, 11) is 3.40. The first-order chi connectivity index (χ1) is 8.51. The van der Waals surface area contributed by atoms with Crippen molar-refractivity contribution in [1.29, 1.82) is 0 Å². The van der Waals surface area contributed by atoms with Crippen molar-refractivity contribution >= 4 is 11.9 Å². The summed E-state index contributed by atoms with van der Waals surface area (Å²) >= 11 is 0. The van der Waals surface area contributed by atoms with Gasteiger partial charge in [0.2, 0.25) is 0 Å². The Kier molecular flexibility index (Phi) is 5.32. The molecule has 1 unspecified atom stereocenters. The third-order valence-electron chi connectivity index (χ3n) is 2.57. The molecule has 98 valence electrons. The lowest BCUT2D eigenvalue weighted by molar-refractivity contribution is -0.885. The minimum absolute atomic E-state index is 0.265. The average molecular weight is 250 g/mol. The van der Waals surface area contributed by atoms with E-state index in [4.69, 9.17) is 0 Å². The van der Waals surface area contributed by atoms with Gasteiger partial charge in [0.05, 0.1) is 7.05 Å². The highest BCUT2D eigenvalue weighted by molar-refractivity contribution is 5.94. The van der Waals surface area contributed by atoms with Crippen LogP contribution in [0.2, 0.25) is 0 Å². The Hall–Kier alpha value is -1.88. The van der Waals surface area contributed by atoms with E-state index in [1.165, 1.54) is 18.2 Å². The van der Waals surface area contributed by atoms with Gasteiger partial charge < -0.3 is 10.2 Å². The number of rotatable bonds is 4. The molecule has 5 heteroatoms. The number of carbonyl (C=O) groups excluding carboxylic acids is 2. The van der Waals surface area contributed by atoms with Gasteiger partial charge in [-0.15, -0.1) is 0 Å². The van der Waals surface area contributed by atoms with Gasteiger partial charge in [0.1, 0.15) is 6.54 Å². The quantitative estimate of drug-likeness (QED) is 0.672. The lowest BCUT2D eigenvalue weighted by Crippen LogP contribution is -3.09. The normalized spacial score (nSPS) is 11.7. The number of imide groups is 1. The van der Waals surface area contributed by atoms with E-state index < -0.39 is 6.03 Å². The Morgan fingerprint density at radius 1 is 1.22 bits per heavy atom. The second-order valence-corrected chi connectivity index (χ2v) is 4.42. The molecule has 0 aromatic heterocycles. The van der Waals surface area contributed by atoms with Crippen LogP contribution >= 0.6 is 0 Å². The van der Waals surface area contributed by atoms with Crippen LogP contribution in [0.5, 0.6) is 0 Å². The summed E-state index contributed by atoms with van der Waals surface area (Å²) < 4.78 is 0. The predicted octanol–water partition coefficient (Wildman–Crippen LogP) is -0.535. The van der Waals surface area contributed by atoms with Crippen LogP contribution in [-0.4, -0.2) is 32.6 Å². The van der Waals surface area contributed by atoms with E-state index in [0.717, 1.165) is 11.4 Å². The van der Waals surface area contributed by atoms with Gasteiger partial charge in [-0.25, -0.2) is 4.79 Å². The Morgan fingerprint density at radius 3 is 2.39 bits per heavy atom. The molecule has 0 saturated heterocycles. The van der Waals surface area contributed by atoms with Crippen LogP contribution in [0.15, 0.2) is 24.3 Å². The van der Waals surface area contributed by atoms with Crippen LogP contribution in [0.1, 0.15) is 11.1 Å². The van der Waals surface area contributed by atoms with Crippen LogP contribution in [-0.2, 0) is 11.3 Å². The zero-order valence-electron chi connectivity index (χ0n) is 11.0. The summed E-state index contributed by atoms with van der Waals surface area (Å²) in [6, 6.07) is 7.73. The molecule has 3 N–H and O–H groups in total. The second-order valence-electron chi connectivity index (χ2n) is 4.42. The molecular weight excluding hydrogens is 230 g/mol. The molecule has 0 radical (unpaired) electrons. The Morgan fingerprint density at radius 2 is 1.83 bits per heavy atom. The van der Waals surface area contributed by atoms with Crippen LogP contribution in [0.25, 0.3) is 0 Å². The van der Waals surface area contributed by atoms with Gasteiger partial charge >= 0.3 is 6.03 Å². The molecule has 0 aliphatic carbocycles. The standard InChI is InChI=1S/C13H19N3O2/c1-10-4-6-11(7-5-10)8-16(3)9-12(17)15-13(18)14-2/h4-7H,8-9H2,1-3H3,(H2,14,15,17,18)/p+1. The van der Waals surface area contributed by atoms with E-state index in [9.17, 15) is 9.59 Å². The van der Waals surface area contributed by atoms with Crippen molar-refractivity contribution in [3.8, 4) is 0 Å². The summed E-state index contributed by atoms with van der Waals surface area (Å²) in [5.41, 5.74) is 2.39. The number of hydrogen-bond donors (Lipinski definition) is 3. The number of amides is 3. The zero-order valence-corrected chi connectivity index (χ0v) is 11.0. The first-order valence-electron chi connectivity index (χ1n) is 5.89. The van der Waals surface area contributed by atoms with Crippen molar-refractivity contribution in [3.63, 3.8) is 0 Å². The highest BCUT2D eigenvalue weighted by Gasteiger charge is 2.12. The third-order valence-corrected chi connectivity index (χ3v) is 2.57. The molecule has 0 heterocycles. The predicted molar refractivity (Wildman–Crippen MR) is 69.2 cm³/mol. The van der Waals surface area contributed by atoms with E-state index in [0.29, 0.717) is 0 Å². The fraction of sp³-hybridized carbons (Fsp3) is 0.385. The maximum absolute atomic E-state index is 11.5. The Labute approximate surface area is 107 Å². The lowest BCUT2D eigenvalue weighted by atomic mass is 10.1. The van der Waals surface area contributed by atoms with Crippen LogP contribution in [0.3, 0.4) is 0 Å². The molecular formula is C13H20N3O2+. The van der Waals surface area contributed by atoms with Crippen molar-refractivity contribution in [2.24, 2.45) is 0 Å². The number of urea groups is 1. The Balaban J connectivity index is 2.41. The van der Waals surface area contributed by atoms with Crippen LogP contribution < -0.4 is 15.5 Å². The maximum Gasteiger partial charge on any atom is 0.321 e. The van der Waals surface area contributed by atoms with E-state index >= 15 is 0 Å². The second kappa shape index (κ2) is 6.76. The SMILES string of the molecule is CNC(=O)NC(=O)C[NH+](C)Cc1ccc(C)cc1. The third kappa shape index (κ3) is 4.97. The highest BCUT2D eigenvalue weighted by Crippen LogP contribution is 2.00. The van der Waals surface area contributed by atoms with Gasteiger partial charge in [0.15, 0.2) is 6.54 Å². The molecule has 0 saturated carbocycles. The van der Waals surface area contributed by atoms with E-state index in [-0.39, 0.29) is 12.5 Å². The monoisotopic (exact) mass is 250 g/mol. The van der Waals surface area contributed by atoms with E-state index in [1.807, 2.05) is 26.1 Å². The summed E-state index contributed by atoms with van der Waals surface area (Å²) in [4.78, 5) is 23.4. The number of nitrogens with one attached hydrogen (secondary N) is 3. The Bertz CT molecular complexity index is 415. The molecule has 5 nitrogen and oxygen atoms in total. The van der Waals surface area contributed by atoms with Gasteiger partial charge in [0.25, 0.3) is 5.91 Å². The first kappa shape index (κ1) is 14.2. The van der Waals surface area contributed by atoms with E-state index in [2.05, 4.69) is 22.8 Å². The highest BCUT2D eigenvalue weighted by atomic mass is 16.2. The number of benzene rings is 1. The molecule has 0 spiro atoms. The van der Waals surface area contributed by atoms with Crippen molar-refractivity contribution in [2.45, 2.75) is 13.5 Å². The van der Waals surface area contributed by atoms with Crippen molar-refractivity contribution in [2.75, 3.05) is 20.6 Å². The van der Waals surface area contributed by atoms with Crippen molar-refractivity contribution in [1.82, 2.24) is 10.6 Å². The molecule has 0 aliphatic rings. The minimum atomic E-state index is -0.469. The van der Waals surface area contributed by atoms with Gasteiger partial charge in [-0.05, 0) is 6.92 Å². The lowest BCUT2D eigenvalue weighted by Gasteiger charge is -2.13. The molecule has 1 rings (SSSR count). The summed E-state index contributed by atoms with van der Waals surface area (Å²) in [6.45, 7) is 3.06. The van der Waals surface area contributed by atoms with E-state index in [1.54, 1.807) is 0 Å². The molecule has 0 fully saturated rings. The summed E-state index contributed by atoms with van der Waals surface area (Å²) in [5, 5.41) is 4.59.